The summed E-state index contributed by atoms with van der Waals surface area (Å²) in [7, 11) is -3.78. The van der Waals surface area contributed by atoms with Gasteiger partial charge in [-0.2, -0.15) is 18.4 Å². The van der Waals surface area contributed by atoms with Crippen LogP contribution >= 0.6 is 0 Å². The summed E-state index contributed by atoms with van der Waals surface area (Å²) < 4.78 is 62.5. The van der Waals surface area contributed by atoms with Crippen molar-refractivity contribution in [2.75, 3.05) is 17.2 Å². The van der Waals surface area contributed by atoms with Crippen LogP contribution in [0.15, 0.2) is 12.1 Å². The number of nitrogens with two attached hydrogens (primary N) is 1. The number of benzene rings is 1. The number of hydrogen-bond acceptors (Lipinski definition) is 5. The van der Waals surface area contributed by atoms with Gasteiger partial charge in [-0.25, -0.2) is 23.3 Å². The maximum Gasteiger partial charge on any atom is 0.418 e. The Hall–Kier alpha value is -2.65. The average Bonchev–Trinajstić information content (AvgIpc) is 2.72. The Balaban J connectivity index is 2.50. The molecule has 2 N–H and O–H groups in total. The van der Waals surface area contributed by atoms with Crippen molar-refractivity contribution >= 4 is 27.6 Å². The van der Waals surface area contributed by atoms with Gasteiger partial charge < -0.3 is 4.90 Å². The molecule has 1 saturated heterocycles. The second kappa shape index (κ2) is 7.31. The van der Waals surface area contributed by atoms with E-state index < -0.39 is 56.1 Å². The van der Waals surface area contributed by atoms with Crippen LogP contribution in [-0.2, 0) is 21.0 Å². The summed E-state index contributed by atoms with van der Waals surface area (Å²) in [5, 5.41) is 13.9. The third-order valence-electron chi connectivity index (χ3n) is 4.72. The standard InChI is InChI=1S/C17H19F3N4O4S/c1-10-12(6-5-11(9-21)13(10)17(18,19)20)24-14(25)16(2,3)23(15(24)26)7-4-8-29(22,27)28/h5-6H,4,7-8H2,1-3H3,(H2,22,27,28). The fourth-order valence-corrected chi connectivity index (χ4v) is 3.78. The van der Waals surface area contributed by atoms with Crippen LogP contribution in [0.3, 0.4) is 0 Å². The van der Waals surface area contributed by atoms with E-state index in [-0.39, 0.29) is 18.7 Å². The maximum atomic E-state index is 13.4. The number of alkyl halides is 3. The molecular weight excluding hydrogens is 413 g/mol. The maximum absolute atomic E-state index is 13.4. The van der Waals surface area contributed by atoms with Crippen LogP contribution in [0.4, 0.5) is 23.7 Å². The number of halogens is 3. The number of nitriles is 1. The van der Waals surface area contributed by atoms with Gasteiger partial charge in [-0.1, -0.05) is 0 Å². The minimum Gasteiger partial charge on any atom is -0.310 e. The van der Waals surface area contributed by atoms with Gasteiger partial charge in [-0.05, 0) is 44.9 Å². The molecule has 29 heavy (non-hydrogen) atoms. The van der Waals surface area contributed by atoms with Crippen LogP contribution in [0.5, 0.6) is 0 Å². The van der Waals surface area contributed by atoms with Crippen molar-refractivity contribution in [1.29, 1.82) is 5.26 Å². The van der Waals surface area contributed by atoms with Crippen molar-refractivity contribution in [3.63, 3.8) is 0 Å². The number of rotatable bonds is 5. The predicted molar refractivity (Wildman–Crippen MR) is 97.2 cm³/mol. The topological polar surface area (TPSA) is 125 Å². The van der Waals surface area contributed by atoms with Crippen LogP contribution < -0.4 is 10.0 Å². The molecule has 0 unspecified atom stereocenters. The van der Waals surface area contributed by atoms with Crippen molar-refractivity contribution in [1.82, 2.24) is 4.90 Å². The summed E-state index contributed by atoms with van der Waals surface area (Å²) in [6.07, 6.45) is -4.91. The van der Waals surface area contributed by atoms with Gasteiger partial charge in [-0.3, -0.25) is 4.79 Å². The highest BCUT2D eigenvalue weighted by molar-refractivity contribution is 7.89. The molecule has 8 nitrogen and oxygen atoms in total. The minimum atomic E-state index is -4.86. The SMILES string of the molecule is Cc1c(N2C(=O)N(CCCS(N)(=O)=O)C(C)(C)C2=O)ccc(C#N)c1C(F)(F)F. The molecule has 1 aliphatic heterocycles. The molecule has 1 aliphatic rings. The Bertz CT molecular complexity index is 1010. The molecule has 2 rings (SSSR count). The highest BCUT2D eigenvalue weighted by Gasteiger charge is 2.52. The van der Waals surface area contributed by atoms with E-state index >= 15 is 0 Å². The first-order chi connectivity index (χ1) is 13.1. The smallest absolute Gasteiger partial charge is 0.310 e. The zero-order chi connectivity index (χ0) is 22.4. The van der Waals surface area contributed by atoms with E-state index in [0.29, 0.717) is 4.90 Å². The molecule has 0 saturated carbocycles. The third-order valence-corrected chi connectivity index (χ3v) is 5.57. The van der Waals surface area contributed by atoms with Gasteiger partial charge in [-0.15, -0.1) is 0 Å². The van der Waals surface area contributed by atoms with Crippen LogP contribution in [0.1, 0.15) is 37.0 Å². The number of carbonyl (C=O) groups excluding carboxylic acids is 2. The minimum absolute atomic E-state index is 0.0464. The Morgan fingerprint density at radius 2 is 1.83 bits per heavy atom. The van der Waals surface area contributed by atoms with Gasteiger partial charge in [0, 0.05) is 6.54 Å². The number of carbonyl (C=O) groups is 2. The normalized spacial score (nSPS) is 17.0. The van der Waals surface area contributed by atoms with E-state index in [2.05, 4.69) is 0 Å². The molecular formula is C17H19F3N4O4S. The molecule has 1 aromatic carbocycles. The van der Waals surface area contributed by atoms with Gasteiger partial charge >= 0.3 is 12.2 Å². The number of primary sulfonamides is 1. The molecule has 0 radical (unpaired) electrons. The summed E-state index contributed by atoms with van der Waals surface area (Å²) >= 11 is 0. The fraction of sp³-hybridized carbons (Fsp3) is 0.471. The number of urea groups is 1. The van der Waals surface area contributed by atoms with Gasteiger partial charge in [0.2, 0.25) is 10.0 Å². The van der Waals surface area contributed by atoms with Gasteiger partial charge in [0.15, 0.2) is 0 Å². The van der Waals surface area contributed by atoms with Crippen molar-refractivity contribution in [3.8, 4) is 6.07 Å². The highest BCUT2D eigenvalue weighted by atomic mass is 32.2. The Morgan fingerprint density at radius 1 is 1.24 bits per heavy atom. The summed E-state index contributed by atoms with van der Waals surface area (Å²) in [6, 6.07) is 2.60. The molecule has 0 aromatic heterocycles. The van der Waals surface area contributed by atoms with E-state index in [1.54, 1.807) is 0 Å². The van der Waals surface area contributed by atoms with Crippen molar-refractivity contribution in [2.24, 2.45) is 5.14 Å². The van der Waals surface area contributed by atoms with E-state index in [1.165, 1.54) is 19.9 Å². The molecule has 158 valence electrons. The summed E-state index contributed by atoms with van der Waals surface area (Å²) in [4.78, 5) is 27.4. The lowest BCUT2D eigenvalue weighted by molar-refractivity contribution is -0.138. The summed E-state index contributed by atoms with van der Waals surface area (Å²) in [5.41, 5.74) is -3.96. The molecule has 0 spiro atoms. The number of imide groups is 1. The van der Waals surface area contributed by atoms with Crippen LogP contribution in [0.2, 0.25) is 0 Å². The number of sulfonamides is 1. The first-order valence-electron chi connectivity index (χ1n) is 8.40. The molecule has 0 aliphatic carbocycles. The van der Waals surface area contributed by atoms with Crippen molar-refractivity contribution < 1.29 is 31.2 Å². The molecule has 0 bridgehead atoms. The molecule has 1 aromatic rings. The average molecular weight is 432 g/mol. The Labute approximate surface area is 165 Å². The van der Waals surface area contributed by atoms with E-state index in [4.69, 9.17) is 10.4 Å². The van der Waals surface area contributed by atoms with E-state index in [0.717, 1.165) is 24.0 Å². The van der Waals surface area contributed by atoms with Crippen molar-refractivity contribution in [3.05, 3.63) is 28.8 Å². The van der Waals surface area contributed by atoms with E-state index in [1.807, 2.05) is 0 Å². The monoisotopic (exact) mass is 432 g/mol. The molecule has 0 atom stereocenters. The molecule has 12 heteroatoms. The van der Waals surface area contributed by atoms with Gasteiger partial charge in [0.25, 0.3) is 5.91 Å². The predicted octanol–water partition coefficient (Wildman–Crippen LogP) is 2.11. The first-order valence-corrected chi connectivity index (χ1v) is 10.1. The van der Waals surface area contributed by atoms with Crippen LogP contribution in [0.25, 0.3) is 0 Å². The zero-order valence-corrected chi connectivity index (χ0v) is 16.7. The van der Waals surface area contributed by atoms with Crippen LogP contribution in [0, 0.1) is 18.3 Å². The summed E-state index contributed by atoms with van der Waals surface area (Å²) in [6.45, 7) is 3.77. The first kappa shape index (κ1) is 22.6. The quantitative estimate of drug-likeness (QED) is 0.714. The van der Waals surface area contributed by atoms with Gasteiger partial charge in [0.1, 0.15) is 5.54 Å². The fourth-order valence-electron chi connectivity index (χ4n) is 3.25. The Kier molecular flexibility index (Phi) is 5.70. The zero-order valence-electron chi connectivity index (χ0n) is 15.9. The number of amides is 3. The molecule has 1 heterocycles. The largest absolute Gasteiger partial charge is 0.418 e. The van der Waals surface area contributed by atoms with Crippen molar-refractivity contribution in [2.45, 2.75) is 38.9 Å². The number of nitrogens with zero attached hydrogens (tertiary/aromatic N) is 3. The number of hydrogen-bond donors (Lipinski definition) is 1. The van der Waals surface area contributed by atoms with Gasteiger partial charge in [0.05, 0.1) is 28.6 Å². The molecule has 3 amide bonds. The lowest BCUT2D eigenvalue weighted by atomic mass is 9.98. The third kappa shape index (κ3) is 4.20. The number of anilines is 1. The second-order valence-electron chi connectivity index (χ2n) is 7.10. The lowest BCUT2D eigenvalue weighted by Gasteiger charge is -2.27. The van der Waals surface area contributed by atoms with E-state index in [9.17, 15) is 31.2 Å². The Morgan fingerprint density at radius 3 is 2.31 bits per heavy atom. The molecule has 1 fully saturated rings. The van der Waals surface area contributed by atoms with Crippen LogP contribution in [-0.4, -0.2) is 43.1 Å². The lowest BCUT2D eigenvalue weighted by Crippen LogP contribution is -2.45. The second-order valence-corrected chi connectivity index (χ2v) is 8.83. The summed E-state index contributed by atoms with van der Waals surface area (Å²) in [5.74, 6) is -1.19. The highest BCUT2D eigenvalue weighted by Crippen LogP contribution is 2.41.